The summed E-state index contributed by atoms with van der Waals surface area (Å²) in [6.07, 6.45) is 3.45. The third kappa shape index (κ3) is 4.52. The number of hydrogen-bond donors (Lipinski definition) is 1. The van der Waals surface area contributed by atoms with E-state index >= 15 is 0 Å². The van der Waals surface area contributed by atoms with Gasteiger partial charge in [0, 0.05) is 25.0 Å². The lowest BCUT2D eigenvalue weighted by molar-refractivity contribution is -0.167. The molecule has 1 saturated heterocycles. The Kier molecular flexibility index (Phi) is 6.19. The molecule has 6 heteroatoms. The molecule has 0 aliphatic carbocycles. The van der Waals surface area contributed by atoms with Gasteiger partial charge in [0.1, 0.15) is 6.61 Å². The van der Waals surface area contributed by atoms with Gasteiger partial charge in [-0.25, -0.2) is 0 Å². The number of pyridine rings is 1. The average molecular weight is 367 g/mol. The summed E-state index contributed by atoms with van der Waals surface area (Å²) >= 11 is 0. The molecule has 1 aromatic carbocycles. The lowest BCUT2D eigenvalue weighted by Crippen LogP contribution is -2.56. The average Bonchev–Trinajstić information content (AvgIpc) is 2.68. The first-order chi connectivity index (χ1) is 13.1. The topological polar surface area (TPSA) is 71.5 Å². The SMILES string of the molecule is CC(C)N1C(=O)COC(C(=O)NCCc2ccncc2)C1c1ccccc1. The van der Waals surface area contributed by atoms with Crippen LogP contribution in [-0.2, 0) is 20.7 Å². The number of carbonyl (C=O) groups excluding carboxylic acids is 2. The first-order valence-electron chi connectivity index (χ1n) is 9.22. The second-order valence-electron chi connectivity index (χ2n) is 6.88. The second kappa shape index (κ2) is 8.77. The molecular weight excluding hydrogens is 342 g/mol. The molecule has 0 saturated carbocycles. The van der Waals surface area contributed by atoms with E-state index in [1.165, 1.54) is 0 Å². The summed E-state index contributed by atoms with van der Waals surface area (Å²) in [5.74, 6) is -0.296. The minimum Gasteiger partial charge on any atom is -0.356 e. The number of aromatic nitrogens is 1. The lowest BCUT2D eigenvalue weighted by Gasteiger charge is -2.42. The molecule has 0 radical (unpaired) electrons. The Bertz CT molecular complexity index is 765. The normalized spacial score (nSPS) is 20.0. The van der Waals surface area contributed by atoms with E-state index in [4.69, 9.17) is 4.74 Å². The summed E-state index contributed by atoms with van der Waals surface area (Å²) < 4.78 is 5.69. The van der Waals surface area contributed by atoms with E-state index in [0.717, 1.165) is 11.1 Å². The molecule has 3 rings (SSSR count). The van der Waals surface area contributed by atoms with Crippen molar-refractivity contribution in [3.8, 4) is 0 Å². The zero-order chi connectivity index (χ0) is 19.2. The van der Waals surface area contributed by atoms with Crippen molar-refractivity contribution in [1.29, 1.82) is 0 Å². The van der Waals surface area contributed by atoms with Crippen LogP contribution in [0, 0.1) is 0 Å². The molecule has 2 aromatic rings. The Balaban J connectivity index is 1.74. The highest BCUT2D eigenvalue weighted by molar-refractivity contribution is 5.86. The Labute approximate surface area is 159 Å². The van der Waals surface area contributed by atoms with Crippen molar-refractivity contribution in [3.63, 3.8) is 0 Å². The molecule has 1 aliphatic rings. The Morgan fingerprint density at radius 2 is 1.93 bits per heavy atom. The van der Waals surface area contributed by atoms with E-state index in [-0.39, 0.29) is 24.5 Å². The van der Waals surface area contributed by atoms with Crippen molar-refractivity contribution in [2.45, 2.75) is 38.5 Å². The van der Waals surface area contributed by atoms with Gasteiger partial charge in [0.05, 0.1) is 6.04 Å². The van der Waals surface area contributed by atoms with E-state index < -0.39 is 12.1 Å². The number of hydrogen-bond acceptors (Lipinski definition) is 4. The minimum absolute atomic E-state index is 0.0290. The van der Waals surface area contributed by atoms with Gasteiger partial charge >= 0.3 is 0 Å². The number of nitrogens with one attached hydrogen (secondary N) is 1. The zero-order valence-electron chi connectivity index (χ0n) is 15.7. The Morgan fingerprint density at radius 1 is 1.22 bits per heavy atom. The van der Waals surface area contributed by atoms with Gasteiger partial charge in [-0.2, -0.15) is 0 Å². The van der Waals surface area contributed by atoms with Crippen LogP contribution in [0.3, 0.4) is 0 Å². The van der Waals surface area contributed by atoms with Gasteiger partial charge in [0.15, 0.2) is 6.10 Å². The van der Waals surface area contributed by atoms with Gasteiger partial charge in [-0.05, 0) is 43.5 Å². The number of amides is 2. The van der Waals surface area contributed by atoms with E-state index in [9.17, 15) is 9.59 Å². The highest BCUT2D eigenvalue weighted by atomic mass is 16.5. The van der Waals surface area contributed by atoms with Crippen LogP contribution < -0.4 is 5.32 Å². The van der Waals surface area contributed by atoms with E-state index in [1.54, 1.807) is 17.3 Å². The van der Waals surface area contributed by atoms with Crippen molar-refractivity contribution in [2.24, 2.45) is 0 Å². The van der Waals surface area contributed by atoms with Crippen LogP contribution in [0.25, 0.3) is 0 Å². The third-order valence-electron chi connectivity index (χ3n) is 4.68. The molecule has 2 unspecified atom stereocenters. The molecule has 1 fully saturated rings. The third-order valence-corrected chi connectivity index (χ3v) is 4.68. The van der Waals surface area contributed by atoms with Crippen molar-refractivity contribution < 1.29 is 14.3 Å². The maximum absolute atomic E-state index is 12.9. The number of rotatable bonds is 6. The fraction of sp³-hybridized carbons (Fsp3) is 0.381. The molecule has 27 heavy (non-hydrogen) atoms. The minimum atomic E-state index is -0.732. The van der Waals surface area contributed by atoms with Crippen LogP contribution in [-0.4, -0.2) is 47.0 Å². The Morgan fingerprint density at radius 3 is 2.59 bits per heavy atom. The predicted molar refractivity (Wildman–Crippen MR) is 102 cm³/mol. The predicted octanol–water partition coefficient (Wildman–Crippen LogP) is 2.12. The fourth-order valence-electron chi connectivity index (χ4n) is 3.42. The van der Waals surface area contributed by atoms with Crippen LogP contribution >= 0.6 is 0 Å². The first-order valence-corrected chi connectivity index (χ1v) is 9.22. The fourth-order valence-corrected chi connectivity index (χ4v) is 3.42. The molecular formula is C21H25N3O3. The molecule has 6 nitrogen and oxygen atoms in total. The summed E-state index contributed by atoms with van der Waals surface area (Å²) in [6, 6.07) is 13.0. The highest BCUT2D eigenvalue weighted by Gasteiger charge is 2.42. The van der Waals surface area contributed by atoms with Crippen LogP contribution in [0.15, 0.2) is 54.9 Å². The zero-order valence-corrected chi connectivity index (χ0v) is 15.7. The van der Waals surface area contributed by atoms with Crippen LogP contribution in [0.5, 0.6) is 0 Å². The number of nitrogens with zero attached hydrogens (tertiary/aromatic N) is 2. The van der Waals surface area contributed by atoms with Crippen molar-refractivity contribution in [1.82, 2.24) is 15.2 Å². The van der Waals surface area contributed by atoms with Crippen LogP contribution in [0.2, 0.25) is 0 Å². The van der Waals surface area contributed by atoms with Gasteiger partial charge in [0.25, 0.3) is 5.91 Å². The van der Waals surface area contributed by atoms with E-state index in [0.29, 0.717) is 13.0 Å². The number of morpholine rings is 1. The van der Waals surface area contributed by atoms with Gasteiger partial charge in [-0.1, -0.05) is 30.3 Å². The molecule has 142 valence electrons. The summed E-state index contributed by atoms with van der Waals surface area (Å²) in [4.78, 5) is 31.1. The van der Waals surface area contributed by atoms with Crippen molar-refractivity contribution in [3.05, 3.63) is 66.0 Å². The molecule has 1 aromatic heterocycles. The standard InChI is InChI=1S/C21H25N3O3/c1-15(2)24-18(25)14-27-20(19(24)17-6-4-3-5-7-17)21(26)23-13-10-16-8-11-22-12-9-16/h3-9,11-12,15,19-20H,10,13-14H2,1-2H3,(H,23,26). The maximum atomic E-state index is 12.9. The Hall–Kier alpha value is -2.73. The van der Waals surface area contributed by atoms with E-state index in [1.807, 2.05) is 56.3 Å². The van der Waals surface area contributed by atoms with Gasteiger partial charge in [-0.15, -0.1) is 0 Å². The summed E-state index contributed by atoms with van der Waals surface area (Å²) in [5.41, 5.74) is 2.00. The quantitative estimate of drug-likeness (QED) is 0.849. The van der Waals surface area contributed by atoms with Gasteiger partial charge in [-0.3, -0.25) is 14.6 Å². The molecule has 0 spiro atoms. The molecule has 0 bridgehead atoms. The largest absolute Gasteiger partial charge is 0.356 e. The van der Waals surface area contributed by atoms with Crippen molar-refractivity contribution in [2.75, 3.05) is 13.2 Å². The number of carbonyl (C=O) groups is 2. The van der Waals surface area contributed by atoms with Crippen LogP contribution in [0.4, 0.5) is 0 Å². The van der Waals surface area contributed by atoms with E-state index in [2.05, 4.69) is 10.3 Å². The van der Waals surface area contributed by atoms with Crippen LogP contribution in [0.1, 0.15) is 31.0 Å². The molecule has 1 aliphatic heterocycles. The van der Waals surface area contributed by atoms with Gasteiger partial charge in [0.2, 0.25) is 5.91 Å². The smallest absolute Gasteiger partial charge is 0.251 e. The lowest BCUT2D eigenvalue weighted by atomic mass is 9.95. The summed E-state index contributed by atoms with van der Waals surface area (Å²) in [6.45, 7) is 4.33. The molecule has 1 N–H and O–H groups in total. The summed E-state index contributed by atoms with van der Waals surface area (Å²) in [7, 11) is 0. The first kappa shape index (κ1) is 19.0. The molecule has 2 amide bonds. The molecule has 2 heterocycles. The monoisotopic (exact) mass is 367 g/mol. The van der Waals surface area contributed by atoms with Gasteiger partial charge < -0.3 is 15.0 Å². The second-order valence-corrected chi connectivity index (χ2v) is 6.88. The number of benzene rings is 1. The maximum Gasteiger partial charge on any atom is 0.251 e. The summed E-state index contributed by atoms with van der Waals surface area (Å²) in [5, 5.41) is 2.95. The van der Waals surface area contributed by atoms with Crippen molar-refractivity contribution >= 4 is 11.8 Å². The highest BCUT2D eigenvalue weighted by Crippen LogP contribution is 2.32. The molecule has 2 atom stereocenters. The number of ether oxygens (including phenoxy) is 1.